The largest absolute Gasteiger partial charge is 0.488 e. The first-order chi connectivity index (χ1) is 15.3. The summed E-state index contributed by atoms with van der Waals surface area (Å²) in [4.78, 5) is 2.94. The molecule has 0 saturated carbocycles. The number of rotatable bonds is 9. The van der Waals surface area contributed by atoms with Gasteiger partial charge in [-0.3, -0.25) is 0 Å². The van der Waals surface area contributed by atoms with Gasteiger partial charge in [0.05, 0.1) is 13.2 Å². The molecule has 162 valence electrons. The molecule has 0 bridgehead atoms. The van der Waals surface area contributed by atoms with Gasteiger partial charge in [-0.15, -0.1) is 11.3 Å². The van der Waals surface area contributed by atoms with Crippen molar-refractivity contribution in [1.29, 1.82) is 0 Å². The zero-order valence-electron chi connectivity index (χ0n) is 18.3. The van der Waals surface area contributed by atoms with Crippen LogP contribution in [0.1, 0.15) is 35.3 Å². The van der Waals surface area contributed by atoms with E-state index in [1.54, 1.807) is 4.90 Å². The number of hydrogen-bond donors (Lipinski definition) is 1. The highest BCUT2D eigenvalue weighted by atomic mass is 32.1. The number of benzene rings is 2. The number of thiophene rings is 1. The van der Waals surface area contributed by atoms with Gasteiger partial charge >= 0.3 is 0 Å². The molecule has 1 saturated heterocycles. The minimum absolute atomic E-state index is 0.252. The summed E-state index contributed by atoms with van der Waals surface area (Å²) < 4.78 is 11.5. The Labute approximate surface area is 189 Å². The first-order valence-corrected chi connectivity index (χ1v) is 12.1. The molecule has 3 aromatic rings. The fraction of sp³-hybridized carbons (Fsp3) is 0.333. The van der Waals surface area contributed by atoms with Gasteiger partial charge in [0.15, 0.2) is 0 Å². The van der Waals surface area contributed by atoms with Gasteiger partial charge in [0.1, 0.15) is 32.0 Å². The normalized spacial score (nSPS) is 16.2. The quantitative estimate of drug-likeness (QED) is 0.529. The third-order valence-electron chi connectivity index (χ3n) is 5.91. The summed E-state index contributed by atoms with van der Waals surface area (Å²) in [7, 11) is 0. The van der Waals surface area contributed by atoms with E-state index in [0.717, 1.165) is 51.6 Å². The minimum Gasteiger partial charge on any atom is -0.488 e. The SMILES string of the molecule is CC/C(=C\[C@@H](c1ccc(OCC[NH+]2CCOCC2)cc1)c1cccs1)c1ccccc1. The molecule has 1 fully saturated rings. The van der Waals surface area contributed by atoms with Crippen LogP contribution < -0.4 is 9.64 Å². The first-order valence-electron chi connectivity index (χ1n) is 11.3. The number of morpholine rings is 1. The second-order valence-electron chi connectivity index (χ2n) is 7.93. The van der Waals surface area contributed by atoms with Gasteiger partial charge in [-0.05, 0) is 46.7 Å². The highest BCUT2D eigenvalue weighted by Crippen LogP contribution is 2.34. The summed E-state index contributed by atoms with van der Waals surface area (Å²) in [5, 5.41) is 2.16. The van der Waals surface area contributed by atoms with Gasteiger partial charge in [0.2, 0.25) is 0 Å². The molecule has 1 atom stereocenters. The van der Waals surface area contributed by atoms with Crippen LogP contribution in [0.15, 0.2) is 78.2 Å². The maximum absolute atomic E-state index is 6.03. The van der Waals surface area contributed by atoms with Crippen molar-refractivity contribution >= 4 is 16.9 Å². The summed E-state index contributed by atoms with van der Waals surface area (Å²) >= 11 is 1.82. The van der Waals surface area contributed by atoms with Crippen LogP contribution in [-0.2, 0) is 4.74 Å². The number of quaternary nitrogens is 1. The molecule has 0 unspecified atom stereocenters. The molecule has 0 radical (unpaired) electrons. The Bertz CT molecular complexity index is 929. The zero-order chi connectivity index (χ0) is 21.3. The molecule has 1 aromatic heterocycles. The van der Waals surface area contributed by atoms with Crippen LogP contribution in [0.2, 0.25) is 0 Å². The Morgan fingerprint density at radius 1 is 1.03 bits per heavy atom. The van der Waals surface area contributed by atoms with Crippen LogP contribution in [0.5, 0.6) is 5.75 Å². The van der Waals surface area contributed by atoms with Crippen LogP contribution in [-0.4, -0.2) is 39.5 Å². The number of nitrogens with one attached hydrogen (secondary N) is 1. The Balaban J connectivity index is 1.48. The molecule has 1 aliphatic rings. The van der Waals surface area contributed by atoms with Gasteiger partial charge in [-0.1, -0.05) is 61.5 Å². The van der Waals surface area contributed by atoms with E-state index in [4.69, 9.17) is 9.47 Å². The highest BCUT2D eigenvalue weighted by Gasteiger charge is 2.16. The fourth-order valence-corrected chi connectivity index (χ4v) is 4.90. The van der Waals surface area contributed by atoms with Crippen LogP contribution in [0.3, 0.4) is 0 Å². The van der Waals surface area contributed by atoms with Crippen molar-refractivity contribution in [1.82, 2.24) is 0 Å². The van der Waals surface area contributed by atoms with Crippen LogP contribution in [0, 0.1) is 0 Å². The van der Waals surface area contributed by atoms with Gasteiger partial charge in [0.25, 0.3) is 0 Å². The third-order valence-corrected chi connectivity index (χ3v) is 6.86. The predicted octanol–water partition coefficient (Wildman–Crippen LogP) is 4.67. The molecule has 2 heterocycles. The lowest BCUT2D eigenvalue weighted by Gasteiger charge is -2.23. The molecule has 4 rings (SSSR count). The van der Waals surface area contributed by atoms with Crippen molar-refractivity contribution in [3.8, 4) is 5.75 Å². The molecular weight excluding hydrogens is 402 g/mol. The standard InChI is InChI=1S/C27H31NO2S/c1-2-22(23-7-4-3-5-8-23)21-26(27-9-6-20-31-27)24-10-12-25(13-11-24)30-19-16-28-14-17-29-18-15-28/h3-13,20-21,26H,2,14-19H2,1H3/p+1/b22-21+/t26-/m0/s1. The Kier molecular flexibility index (Phi) is 7.94. The lowest BCUT2D eigenvalue weighted by molar-refractivity contribution is -0.908. The maximum atomic E-state index is 6.03. The lowest BCUT2D eigenvalue weighted by atomic mass is 9.91. The van der Waals surface area contributed by atoms with E-state index in [1.165, 1.54) is 21.6 Å². The van der Waals surface area contributed by atoms with Gasteiger partial charge in [0, 0.05) is 10.8 Å². The van der Waals surface area contributed by atoms with E-state index in [1.807, 2.05) is 11.3 Å². The Morgan fingerprint density at radius 2 is 1.81 bits per heavy atom. The van der Waals surface area contributed by atoms with Crippen LogP contribution in [0.25, 0.3) is 5.57 Å². The number of ether oxygens (including phenoxy) is 2. The van der Waals surface area contributed by atoms with Crippen molar-refractivity contribution in [2.75, 3.05) is 39.5 Å². The summed E-state index contributed by atoms with van der Waals surface area (Å²) in [5.74, 6) is 1.20. The molecule has 0 amide bonds. The second kappa shape index (κ2) is 11.3. The average molecular weight is 435 g/mol. The summed E-state index contributed by atoms with van der Waals surface area (Å²) in [6.07, 6.45) is 3.44. The topological polar surface area (TPSA) is 22.9 Å². The number of allylic oxidation sites excluding steroid dienone is 2. The molecule has 4 heteroatoms. The third kappa shape index (κ3) is 6.07. The average Bonchev–Trinajstić information content (AvgIpc) is 3.36. The molecule has 2 aromatic carbocycles. The van der Waals surface area contributed by atoms with E-state index < -0.39 is 0 Å². The lowest BCUT2D eigenvalue weighted by Crippen LogP contribution is -3.14. The summed E-state index contributed by atoms with van der Waals surface area (Å²) in [6.45, 7) is 7.91. The molecular formula is C27H32NO2S+. The predicted molar refractivity (Wildman–Crippen MR) is 129 cm³/mol. The highest BCUT2D eigenvalue weighted by molar-refractivity contribution is 7.10. The molecule has 1 N–H and O–H groups in total. The van der Waals surface area contributed by atoms with Gasteiger partial charge < -0.3 is 14.4 Å². The Hall–Kier alpha value is -2.40. The van der Waals surface area contributed by atoms with Crippen LogP contribution >= 0.6 is 11.3 Å². The Morgan fingerprint density at radius 3 is 2.48 bits per heavy atom. The first kappa shape index (κ1) is 21.8. The smallest absolute Gasteiger partial charge is 0.137 e. The van der Waals surface area contributed by atoms with Crippen LogP contribution in [0.4, 0.5) is 0 Å². The summed E-state index contributed by atoms with van der Waals surface area (Å²) in [6, 6.07) is 23.8. The number of hydrogen-bond acceptors (Lipinski definition) is 3. The van der Waals surface area contributed by atoms with Crippen molar-refractivity contribution in [2.45, 2.75) is 19.3 Å². The molecule has 0 aliphatic carbocycles. The zero-order valence-corrected chi connectivity index (χ0v) is 19.1. The van der Waals surface area contributed by atoms with E-state index in [2.05, 4.69) is 85.1 Å². The van der Waals surface area contributed by atoms with Gasteiger partial charge in [-0.2, -0.15) is 0 Å². The van der Waals surface area contributed by atoms with E-state index in [9.17, 15) is 0 Å². The molecule has 0 spiro atoms. The van der Waals surface area contributed by atoms with E-state index >= 15 is 0 Å². The second-order valence-corrected chi connectivity index (χ2v) is 8.91. The van der Waals surface area contributed by atoms with Gasteiger partial charge in [-0.25, -0.2) is 0 Å². The maximum Gasteiger partial charge on any atom is 0.137 e. The van der Waals surface area contributed by atoms with E-state index in [0.29, 0.717) is 0 Å². The minimum atomic E-state index is 0.252. The molecule has 1 aliphatic heterocycles. The van der Waals surface area contributed by atoms with Crippen molar-refractivity contribution in [3.63, 3.8) is 0 Å². The fourth-order valence-electron chi connectivity index (χ4n) is 4.08. The summed E-state index contributed by atoms with van der Waals surface area (Å²) in [5.41, 5.74) is 3.99. The monoisotopic (exact) mass is 434 g/mol. The van der Waals surface area contributed by atoms with Crippen molar-refractivity contribution in [2.24, 2.45) is 0 Å². The molecule has 31 heavy (non-hydrogen) atoms. The van der Waals surface area contributed by atoms with E-state index in [-0.39, 0.29) is 5.92 Å². The van der Waals surface area contributed by atoms with Crippen molar-refractivity contribution in [3.05, 3.63) is 94.2 Å². The molecule has 3 nitrogen and oxygen atoms in total. The van der Waals surface area contributed by atoms with Crippen molar-refractivity contribution < 1.29 is 14.4 Å².